The minimum absolute atomic E-state index is 0.441. The topological polar surface area (TPSA) is 49.4 Å². The molecule has 1 rings (SSSR count). The number of methoxy groups -OCH3 is 1. The van der Waals surface area contributed by atoms with E-state index in [-0.39, 0.29) is 0 Å². The van der Waals surface area contributed by atoms with Crippen LogP contribution < -0.4 is 0 Å². The van der Waals surface area contributed by atoms with Gasteiger partial charge in [0.2, 0.25) is 5.25 Å². The van der Waals surface area contributed by atoms with Gasteiger partial charge in [-0.15, -0.1) is 11.3 Å². The molecule has 0 aromatic carbocycles. The second-order valence-electron chi connectivity index (χ2n) is 2.42. The normalized spacial score (nSPS) is 15.0. The summed E-state index contributed by atoms with van der Waals surface area (Å²) in [6.07, 6.45) is 1.50. The summed E-state index contributed by atoms with van der Waals surface area (Å²) in [6.45, 7) is 0. The van der Waals surface area contributed by atoms with Gasteiger partial charge < -0.3 is 9.29 Å². The molecule has 0 N–H and O–H groups in total. The van der Waals surface area contributed by atoms with Gasteiger partial charge in [-0.2, -0.15) is 0 Å². The lowest BCUT2D eigenvalue weighted by molar-refractivity contribution is -0.140. The maximum absolute atomic E-state index is 11.3. The van der Waals surface area contributed by atoms with Crippen molar-refractivity contribution in [3.05, 3.63) is 22.4 Å². The van der Waals surface area contributed by atoms with E-state index in [1.54, 1.807) is 6.07 Å². The van der Waals surface area contributed by atoms with Gasteiger partial charge in [0.25, 0.3) is 0 Å². The fourth-order valence-electron chi connectivity index (χ4n) is 0.963. The average molecular weight is 218 g/mol. The van der Waals surface area contributed by atoms with Crippen LogP contribution in [0.3, 0.4) is 0 Å². The molecule has 0 aliphatic heterocycles. The number of esters is 1. The third kappa shape index (κ3) is 2.46. The van der Waals surface area contributed by atoms with E-state index in [1.165, 1.54) is 24.7 Å². The van der Waals surface area contributed by atoms with Gasteiger partial charge in [-0.25, -0.2) is 4.79 Å². The van der Waals surface area contributed by atoms with E-state index in [9.17, 15) is 9.35 Å². The Morgan fingerprint density at radius 1 is 1.77 bits per heavy atom. The van der Waals surface area contributed by atoms with Gasteiger partial charge in [0.05, 0.1) is 18.2 Å². The van der Waals surface area contributed by atoms with Crippen LogP contribution in [-0.4, -0.2) is 23.9 Å². The van der Waals surface area contributed by atoms with Crippen molar-refractivity contribution in [2.45, 2.75) is 5.25 Å². The summed E-state index contributed by atoms with van der Waals surface area (Å²) >= 11 is 0.182. The van der Waals surface area contributed by atoms with E-state index in [4.69, 9.17) is 0 Å². The maximum atomic E-state index is 11.3. The second kappa shape index (κ2) is 4.64. The van der Waals surface area contributed by atoms with Crippen LogP contribution in [0.25, 0.3) is 0 Å². The molecule has 2 unspecified atom stereocenters. The summed E-state index contributed by atoms with van der Waals surface area (Å²) in [7, 11) is 1.30. The third-order valence-corrected chi connectivity index (χ3v) is 3.75. The molecular weight excluding hydrogens is 208 g/mol. The molecule has 0 aliphatic rings. The van der Waals surface area contributed by atoms with E-state index in [2.05, 4.69) is 4.74 Å². The summed E-state index contributed by atoms with van der Waals surface area (Å²) in [4.78, 5) is 12.0. The number of thiophene rings is 1. The van der Waals surface area contributed by atoms with Crippen LogP contribution in [0.4, 0.5) is 0 Å². The highest BCUT2D eigenvalue weighted by molar-refractivity contribution is 7.91. The lowest BCUT2D eigenvalue weighted by atomic mass is 10.3. The summed E-state index contributed by atoms with van der Waals surface area (Å²) in [5.74, 6) is -0.441. The molecule has 0 aliphatic carbocycles. The molecule has 0 saturated carbocycles. The van der Waals surface area contributed by atoms with Crippen LogP contribution in [0, 0.1) is 0 Å². The second-order valence-corrected chi connectivity index (χ2v) is 4.87. The Kier molecular flexibility index (Phi) is 3.77. The predicted octanol–water partition coefficient (Wildman–Crippen LogP) is 1.34. The van der Waals surface area contributed by atoms with Crippen LogP contribution in [0.1, 0.15) is 10.1 Å². The summed E-state index contributed by atoms with van der Waals surface area (Å²) in [5.41, 5.74) is 0. The van der Waals surface area contributed by atoms with Crippen molar-refractivity contribution in [2.24, 2.45) is 0 Å². The largest absolute Gasteiger partial charge is 0.616 e. The zero-order chi connectivity index (χ0) is 9.84. The first kappa shape index (κ1) is 10.6. The predicted molar refractivity (Wildman–Crippen MR) is 53.1 cm³/mol. The lowest BCUT2D eigenvalue weighted by Crippen LogP contribution is -2.21. The fourth-order valence-corrected chi connectivity index (χ4v) is 3.00. The molecule has 72 valence electrons. The highest BCUT2D eigenvalue weighted by atomic mass is 32.2. The fraction of sp³-hybridized carbons (Fsp3) is 0.375. The van der Waals surface area contributed by atoms with Crippen LogP contribution >= 0.6 is 11.3 Å². The summed E-state index contributed by atoms with van der Waals surface area (Å²) in [6, 6.07) is 3.61. The van der Waals surface area contributed by atoms with Gasteiger partial charge in [-0.3, -0.25) is 0 Å². The van der Waals surface area contributed by atoms with Crippen LogP contribution in [0.2, 0.25) is 0 Å². The van der Waals surface area contributed by atoms with Crippen molar-refractivity contribution in [3.63, 3.8) is 0 Å². The van der Waals surface area contributed by atoms with Gasteiger partial charge in [0.15, 0.2) is 0 Å². The number of hydrogen-bond acceptors (Lipinski definition) is 4. The number of carbonyl (C=O) groups is 1. The zero-order valence-corrected chi connectivity index (χ0v) is 8.98. The van der Waals surface area contributed by atoms with E-state index >= 15 is 0 Å². The van der Waals surface area contributed by atoms with Crippen molar-refractivity contribution in [2.75, 3.05) is 13.4 Å². The smallest absolute Gasteiger partial charge is 0.364 e. The van der Waals surface area contributed by atoms with E-state index in [0.717, 1.165) is 4.88 Å². The van der Waals surface area contributed by atoms with Gasteiger partial charge in [0.1, 0.15) is 0 Å². The van der Waals surface area contributed by atoms with Gasteiger partial charge in [-0.05, 0) is 22.6 Å². The minimum atomic E-state index is -1.23. The lowest BCUT2D eigenvalue weighted by Gasteiger charge is -2.14. The van der Waals surface area contributed by atoms with Crippen molar-refractivity contribution < 1.29 is 14.1 Å². The SMILES string of the molecule is COC(=O)C(c1cccs1)[S+](C)[O-]. The van der Waals surface area contributed by atoms with Crippen LogP contribution in [0.5, 0.6) is 0 Å². The Labute approximate surface area is 83.9 Å². The molecule has 0 radical (unpaired) electrons. The molecule has 1 aromatic rings. The monoisotopic (exact) mass is 218 g/mol. The quantitative estimate of drug-likeness (QED) is 0.568. The highest BCUT2D eigenvalue weighted by Crippen LogP contribution is 2.26. The molecule has 1 aromatic heterocycles. The molecule has 5 heteroatoms. The zero-order valence-electron chi connectivity index (χ0n) is 7.35. The van der Waals surface area contributed by atoms with Crippen LogP contribution in [0.15, 0.2) is 17.5 Å². The van der Waals surface area contributed by atoms with E-state index < -0.39 is 22.4 Å². The Morgan fingerprint density at radius 3 is 2.85 bits per heavy atom. The molecular formula is C8H10O3S2. The van der Waals surface area contributed by atoms with Crippen molar-refractivity contribution >= 4 is 28.5 Å². The first-order valence-electron chi connectivity index (χ1n) is 3.60. The Morgan fingerprint density at radius 2 is 2.46 bits per heavy atom. The van der Waals surface area contributed by atoms with Crippen molar-refractivity contribution in [3.8, 4) is 0 Å². The summed E-state index contributed by atoms with van der Waals surface area (Å²) < 4.78 is 15.8. The Bertz CT molecular complexity index is 269. The van der Waals surface area contributed by atoms with Gasteiger partial charge in [-0.1, -0.05) is 6.07 Å². The number of ether oxygens (including phenoxy) is 1. The van der Waals surface area contributed by atoms with Crippen molar-refractivity contribution in [1.29, 1.82) is 0 Å². The Hall–Kier alpha value is -0.520. The van der Waals surface area contributed by atoms with E-state index in [1.807, 2.05) is 11.4 Å². The standard InChI is InChI=1S/C8H10O3S2/c1-11-8(9)7(13(2)10)6-4-3-5-12-6/h3-5,7H,1-2H3. The maximum Gasteiger partial charge on any atom is 0.364 e. The molecule has 2 atom stereocenters. The molecule has 3 nitrogen and oxygen atoms in total. The van der Waals surface area contributed by atoms with Crippen molar-refractivity contribution in [1.82, 2.24) is 0 Å². The first-order chi connectivity index (χ1) is 6.16. The van der Waals surface area contributed by atoms with Crippen LogP contribution in [-0.2, 0) is 20.7 Å². The number of hydrogen-bond donors (Lipinski definition) is 0. The minimum Gasteiger partial charge on any atom is -0.616 e. The molecule has 0 saturated heterocycles. The summed E-state index contributed by atoms with van der Waals surface area (Å²) in [5, 5.41) is 1.21. The average Bonchev–Trinajstić information content (AvgIpc) is 2.56. The first-order valence-corrected chi connectivity index (χ1v) is 6.10. The van der Waals surface area contributed by atoms with Gasteiger partial charge >= 0.3 is 5.97 Å². The molecule has 0 bridgehead atoms. The number of rotatable bonds is 3. The third-order valence-electron chi connectivity index (χ3n) is 1.55. The van der Waals surface area contributed by atoms with Gasteiger partial charge in [0, 0.05) is 0 Å². The Balaban J connectivity index is 2.87. The van der Waals surface area contributed by atoms with E-state index in [0.29, 0.717) is 0 Å². The highest BCUT2D eigenvalue weighted by Gasteiger charge is 2.31. The molecule has 1 heterocycles. The number of carbonyl (C=O) groups excluding carboxylic acids is 1. The molecule has 0 amide bonds. The molecule has 13 heavy (non-hydrogen) atoms. The molecule has 0 spiro atoms. The molecule has 0 fully saturated rings.